The van der Waals surface area contributed by atoms with Crippen LogP contribution in [0.15, 0.2) is 72.3 Å². The van der Waals surface area contributed by atoms with Crippen LogP contribution in [0, 0.1) is 17.0 Å². The molecular formula is C24H16Cl2N2O5. The fraction of sp³-hybridized carbons (Fsp3) is 0.0833. The fourth-order valence-corrected chi connectivity index (χ4v) is 4.08. The van der Waals surface area contributed by atoms with Crippen LogP contribution < -0.4 is 4.90 Å². The van der Waals surface area contributed by atoms with Gasteiger partial charge in [-0.3, -0.25) is 24.6 Å². The molecule has 1 amide bonds. The number of nitro benzene ring substituents is 1. The number of ketones is 1. The second-order valence-electron chi connectivity index (χ2n) is 7.49. The van der Waals surface area contributed by atoms with Crippen molar-refractivity contribution in [3.05, 3.63) is 109 Å². The smallest absolute Gasteiger partial charge is 0.300 e. The average Bonchev–Trinajstić information content (AvgIpc) is 3.06. The lowest BCUT2D eigenvalue weighted by atomic mass is 9.94. The zero-order chi connectivity index (χ0) is 23.9. The minimum absolute atomic E-state index is 0.134. The van der Waals surface area contributed by atoms with E-state index in [1.54, 1.807) is 18.2 Å². The highest BCUT2D eigenvalue weighted by Gasteiger charge is 2.47. The zero-order valence-electron chi connectivity index (χ0n) is 17.2. The van der Waals surface area contributed by atoms with Gasteiger partial charge in [-0.05, 0) is 42.8 Å². The predicted molar refractivity (Wildman–Crippen MR) is 126 cm³/mol. The lowest BCUT2D eigenvalue weighted by molar-refractivity contribution is -0.384. The molecule has 166 valence electrons. The highest BCUT2D eigenvalue weighted by atomic mass is 35.5. The first kappa shape index (κ1) is 22.5. The van der Waals surface area contributed by atoms with Crippen molar-refractivity contribution in [2.75, 3.05) is 4.90 Å². The molecule has 1 aliphatic heterocycles. The van der Waals surface area contributed by atoms with Crippen molar-refractivity contribution in [1.29, 1.82) is 0 Å². The number of amides is 1. The molecular weight excluding hydrogens is 467 g/mol. The Kier molecular flexibility index (Phi) is 5.93. The van der Waals surface area contributed by atoms with Gasteiger partial charge < -0.3 is 5.11 Å². The molecule has 0 spiro atoms. The minimum atomic E-state index is -0.947. The summed E-state index contributed by atoms with van der Waals surface area (Å²) in [5, 5.41) is 22.5. The van der Waals surface area contributed by atoms with Gasteiger partial charge in [0.1, 0.15) is 5.76 Å². The molecule has 9 heteroatoms. The van der Waals surface area contributed by atoms with Crippen LogP contribution in [0.3, 0.4) is 0 Å². The number of aliphatic hydroxyl groups excluding tert-OH is 1. The van der Waals surface area contributed by atoms with Crippen LogP contribution in [0.25, 0.3) is 5.76 Å². The zero-order valence-corrected chi connectivity index (χ0v) is 18.7. The number of nitrogens with zero attached hydrogens (tertiary/aromatic N) is 2. The summed E-state index contributed by atoms with van der Waals surface area (Å²) in [6, 6.07) is 15.9. The van der Waals surface area contributed by atoms with E-state index >= 15 is 0 Å². The van der Waals surface area contributed by atoms with E-state index in [2.05, 4.69) is 0 Å². The predicted octanol–water partition coefficient (Wildman–Crippen LogP) is 5.84. The SMILES string of the molecule is Cc1cccc(C2/C(=C(\O)c3ccc([N+](=O)[O-])cc3)C(=O)C(=O)N2c2ccc(Cl)c(Cl)c2)c1. The van der Waals surface area contributed by atoms with Gasteiger partial charge in [0, 0.05) is 23.4 Å². The van der Waals surface area contributed by atoms with E-state index < -0.39 is 28.4 Å². The molecule has 1 unspecified atom stereocenters. The van der Waals surface area contributed by atoms with Gasteiger partial charge in [0.15, 0.2) is 0 Å². The third kappa shape index (κ3) is 4.08. The van der Waals surface area contributed by atoms with E-state index in [9.17, 15) is 24.8 Å². The average molecular weight is 483 g/mol. The molecule has 1 atom stereocenters. The lowest BCUT2D eigenvalue weighted by Crippen LogP contribution is -2.29. The Morgan fingerprint density at radius 3 is 2.30 bits per heavy atom. The Labute approximate surface area is 198 Å². The second kappa shape index (κ2) is 8.69. The van der Waals surface area contributed by atoms with Crippen molar-refractivity contribution in [3.63, 3.8) is 0 Å². The number of Topliss-reactive ketones (excluding diaryl/α,β-unsaturated/α-hetero) is 1. The van der Waals surface area contributed by atoms with E-state index in [-0.39, 0.29) is 26.9 Å². The Hall–Kier alpha value is -3.68. The molecule has 1 aliphatic rings. The standard InChI is InChI=1S/C24H16Cl2N2O5/c1-13-3-2-4-15(11-13)21-20(22(29)14-5-7-16(8-6-14)28(32)33)23(30)24(31)27(21)17-9-10-18(25)19(26)12-17/h2-12,21,29H,1H3/b22-20+. The summed E-state index contributed by atoms with van der Waals surface area (Å²) in [5.74, 6) is -2.16. The summed E-state index contributed by atoms with van der Waals surface area (Å²) in [7, 11) is 0. The second-order valence-corrected chi connectivity index (χ2v) is 8.30. The highest BCUT2D eigenvalue weighted by Crippen LogP contribution is 2.43. The van der Waals surface area contributed by atoms with E-state index in [0.717, 1.165) is 5.56 Å². The molecule has 0 bridgehead atoms. The maximum Gasteiger partial charge on any atom is 0.300 e. The van der Waals surface area contributed by atoms with Crippen molar-refractivity contribution < 1.29 is 19.6 Å². The van der Waals surface area contributed by atoms with Gasteiger partial charge in [-0.15, -0.1) is 0 Å². The molecule has 3 aromatic rings. The van der Waals surface area contributed by atoms with Gasteiger partial charge >= 0.3 is 0 Å². The number of nitro groups is 1. The number of aliphatic hydroxyl groups is 1. The van der Waals surface area contributed by atoms with Gasteiger partial charge in [0.2, 0.25) is 0 Å². The largest absolute Gasteiger partial charge is 0.507 e. The number of anilines is 1. The van der Waals surface area contributed by atoms with Crippen molar-refractivity contribution in [3.8, 4) is 0 Å². The third-order valence-electron chi connectivity index (χ3n) is 5.34. The Bertz CT molecular complexity index is 1330. The summed E-state index contributed by atoms with van der Waals surface area (Å²) in [6.07, 6.45) is 0. The highest BCUT2D eigenvalue weighted by molar-refractivity contribution is 6.52. The molecule has 33 heavy (non-hydrogen) atoms. The molecule has 1 saturated heterocycles. The van der Waals surface area contributed by atoms with Crippen LogP contribution in [0.5, 0.6) is 0 Å². The van der Waals surface area contributed by atoms with Crippen LogP contribution in [-0.2, 0) is 9.59 Å². The molecule has 4 rings (SSSR count). The molecule has 7 nitrogen and oxygen atoms in total. The van der Waals surface area contributed by atoms with Crippen LogP contribution in [0.4, 0.5) is 11.4 Å². The van der Waals surface area contributed by atoms with Crippen molar-refractivity contribution in [1.82, 2.24) is 0 Å². The van der Waals surface area contributed by atoms with Crippen LogP contribution in [-0.4, -0.2) is 21.7 Å². The number of halogens is 2. The molecule has 1 fully saturated rings. The van der Waals surface area contributed by atoms with Crippen molar-refractivity contribution >= 4 is 52.0 Å². The fourth-order valence-electron chi connectivity index (χ4n) is 3.79. The summed E-state index contributed by atoms with van der Waals surface area (Å²) in [4.78, 5) is 37.9. The summed E-state index contributed by atoms with van der Waals surface area (Å²) >= 11 is 12.2. The number of non-ortho nitro benzene ring substituents is 1. The van der Waals surface area contributed by atoms with E-state index in [1.807, 2.05) is 19.1 Å². The van der Waals surface area contributed by atoms with Crippen LogP contribution in [0.1, 0.15) is 22.7 Å². The monoisotopic (exact) mass is 482 g/mol. The Morgan fingerprint density at radius 1 is 1.00 bits per heavy atom. The number of carbonyl (C=O) groups is 2. The summed E-state index contributed by atoms with van der Waals surface area (Å²) in [5.41, 5.74) is 1.70. The van der Waals surface area contributed by atoms with Crippen LogP contribution >= 0.6 is 23.2 Å². The maximum atomic E-state index is 13.1. The van der Waals surface area contributed by atoms with E-state index in [1.165, 1.54) is 41.3 Å². The molecule has 0 saturated carbocycles. The lowest BCUT2D eigenvalue weighted by Gasteiger charge is -2.26. The number of benzene rings is 3. The molecule has 0 radical (unpaired) electrons. The Morgan fingerprint density at radius 2 is 1.70 bits per heavy atom. The van der Waals surface area contributed by atoms with Gasteiger partial charge in [-0.1, -0.05) is 53.0 Å². The summed E-state index contributed by atoms with van der Waals surface area (Å²) in [6.45, 7) is 1.87. The molecule has 1 heterocycles. The first-order valence-corrected chi connectivity index (χ1v) is 10.5. The number of aryl methyl sites for hydroxylation is 1. The first-order valence-electron chi connectivity index (χ1n) is 9.76. The third-order valence-corrected chi connectivity index (χ3v) is 6.07. The van der Waals surface area contributed by atoms with E-state index in [4.69, 9.17) is 23.2 Å². The van der Waals surface area contributed by atoms with Gasteiger partial charge in [-0.2, -0.15) is 0 Å². The number of hydrogen-bond acceptors (Lipinski definition) is 5. The maximum absolute atomic E-state index is 13.1. The molecule has 0 aromatic heterocycles. The quantitative estimate of drug-likeness (QED) is 0.165. The Balaban J connectivity index is 1.93. The summed E-state index contributed by atoms with van der Waals surface area (Å²) < 4.78 is 0. The molecule has 0 aliphatic carbocycles. The number of rotatable bonds is 4. The van der Waals surface area contributed by atoms with Crippen LogP contribution in [0.2, 0.25) is 10.0 Å². The number of hydrogen-bond donors (Lipinski definition) is 1. The van der Waals surface area contributed by atoms with Gasteiger partial charge in [0.25, 0.3) is 17.4 Å². The van der Waals surface area contributed by atoms with E-state index in [0.29, 0.717) is 11.3 Å². The normalized spacial score (nSPS) is 17.4. The molecule has 1 N–H and O–H groups in total. The topological polar surface area (TPSA) is 101 Å². The first-order chi connectivity index (χ1) is 15.7. The van der Waals surface area contributed by atoms with Crippen molar-refractivity contribution in [2.45, 2.75) is 13.0 Å². The minimum Gasteiger partial charge on any atom is -0.507 e. The van der Waals surface area contributed by atoms with Gasteiger partial charge in [-0.25, -0.2) is 0 Å². The van der Waals surface area contributed by atoms with Crippen molar-refractivity contribution in [2.24, 2.45) is 0 Å². The molecule has 3 aromatic carbocycles. The number of carbonyl (C=O) groups excluding carboxylic acids is 2. The van der Waals surface area contributed by atoms with Gasteiger partial charge in [0.05, 0.1) is 26.6 Å².